The lowest BCUT2D eigenvalue weighted by Crippen LogP contribution is -2.47. The highest BCUT2D eigenvalue weighted by molar-refractivity contribution is 8.18. The van der Waals surface area contributed by atoms with Gasteiger partial charge in [0.15, 0.2) is 9.84 Å². The van der Waals surface area contributed by atoms with E-state index in [1.54, 1.807) is 13.0 Å². The van der Waals surface area contributed by atoms with Gasteiger partial charge in [0.05, 0.1) is 16.4 Å². The summed E-state index contributed by atoms with van der Waals surface area (Å²) in [6, 6.07) is 8.75. The fourth-order valence-corrected chi connectivity index (χ4v) is 5.79. The molecule has 0 saturated carbocycles. The number of likely N-dealkylation sites (N-methyl/N-ethyl adjacent to an activating group) is 1. The smallest absolute Gasteiger partial charge is 0.294 e. The lowest BCUT2D eigenvalue weighted by atomic mass is 10.2. The van der Waals surface area contributed by atoms with Crippen molar-refractivity contribution in [1.82, 2.24) is 9.80 Å². The third kappa shape index (κ3) is 4.41. The maximum absolute atomic E-state index is 12.6. The minimum absolute atomic E-state index is 0.0584. The van der Waals surface area contributed by atoms with E-state index in [2.05, 4.69) is 0 Å². The Labute approximate surface area is 162 Å². The van der Waals surface area contributed by atoms with Gasteiger partial charge in [-0.3, -0.25) is 19.3 Å². The van der Waals surface area contributed by atoms with Gasteiger partial charge < -0.3 is 4.90 Å². The zero-order chi connectivity index (χ0) is 19.6. The number of carbonyl (C=O) groups is 3. The summed E-state index contributed by atoms with van der Waals surface area (Å²) in [6.07, 6.45) is 2.01. The molecule has 0 N–H and O–H groups in total. The van der Waals surface area contributed by atoms with Crippen molar-refractivity contribution in [2.24, 2.45) is 0 Å². The summed E-state index contributed by atoms with van der Waals surface area (Å²) in [5.74, 6) is -0.925. The molecular weight excluding hydrogens is 388 g/mol. The van der Waals surface area contributed by atoms with E-state index < -0.39 is 32.9 Å². The summed E-state index contributed by atoms with van der Waals surface area (Å²) in [6.45, 7) is 1.71. The van der Waals surface area contributed by atoms with Crippen LogP contribution in [0.1, 0.15) is 18.9 Å². The van der Waals surface area contributed by atoms with Gasteiger partial charge in [0.25, 0.3) is 11.1 Å². The minimum atomic E-state index is -3.13. The van der Waals surface area contributed by atoms with Crippen molar-refractivity contribution in [3.8, 4) is 0 Å². The van der Waals surface area contributed by atoms with Crippen molar-refractivity contribution in [3.63, 3.8) is 0 Å². The average Bonchev–Trinajstić information content (AvgIpc) is 3.10. The van der Waals surface area contributed by atoms with Gasteiger partial charge in [0, 0.05) is 12.6 Å². The lowest BCUT2D eigenvalue weighted by molar-refractivity contribution is -0.137. The molecule has 9 heteroatoms. The first kappa shape index (κ1) is 19.6. The van der Waals surface area contributed by atoms with Crippen LogP contribution in [0, 0.1) is 0 Å². The van der Waals surface area contributed by atoms with Crippen LogP contribution in [0.2, 0.25) is 0 Å². The molecule has 2 fully saturated rings. The van der Waals surface area contributed by atoms with E-state index in [0.29, 0.717) is 13.0 Å². The molecular formula is C18H20N2O5S2. The Morgan fingerprint density at radius 1 is 1.30 bits per heavy atom. The topological polar surface area (TPSA) is 91.8 Å². The summed E-state index contributed by atoms with van der Waals surface area (Å²) in [4.78, 5) is 40.0. The normalized spacial score (nSPS) is 23.2. The first-order chi connectivity index (χ1) is 12.8. The van der Waals surface area contributed by atoms with Crippen LogP contribution >= 0.6 is 11.8 Å². The van der Waals surface area contributed by atoms with Crippen molar-refractivity contribution in [2.45, 2.75) is 19.4 Å². The van der Waals surface area contributed by atoms with E-state index in [1.165, 1.54) is 4.90 Å². The number of rotatable bonds is 5. The molecule has 144 valence electrons. The molecule has 2 heterocycles. The zero-order valence-corrected chi connectivity index (χ0v) is 16.5. The molecule has 0 radical (unpaired) electrons. The van der Waals surface area contributed by atoms with E-state index in [4.69, 9.17) is 0 Å². The van der Waals surface area contributed by atoms with Gasteiger partial charge in [0.1, 0.15) is 6.54 Å². The van der Waals surface area contributed by atoms with E-state index in [-0.39, 0.29) is 23.0 Å². The summed E-state index contributed by atoms with van der Waals surface area (Å²) in [7, 11) is -3.13. The van der Waals surface area contributed by atoms with Gasteiger partial charge in [-0.25, -0.2) is 8.42 Å². The highest BCUT2D eigenvalue weighted by atomic mass is 32.2. The number of amides is 3. The minimum Gasteiger partial charge on any atom is -0.337 e. The van der Waals surface area contributed by atoms with Gasteiger partial charge in [-0.15, -0.1) is 0 Å². The number of imide groups is 1. The van der Waals surface area contributed by atoms with Crippen LogP contribution in [-0.2, 0) is 19.4 Å². The fourth-order valence-electron chi connectivity index (χ4n) is 3.22. The number of hydrogen-bond donors (Lipinski definition) is 0. The number of sulfone groups is 1. The summed E-state index contributed by atoms with van der Waals surface area (Å²) in [5.41, 5.74) is 0.792. The Bertz CT molecular complexity index is 896. The van der Waals surface area contributed by atoms with Crippen molar-refractivity contribution in [2.75, 3.05) is 24.6 Å². The molecule has 3 amide bonds. The molecule has 7 nitrogen and oxygen atoms in total. The van der Waals surface area contributed by atoms with Crippen molar-refractivity contribution in [3.05, 3.63) is 40.8 Å². The largest absolute Gasteiger partial charge is 0.337 e. The molecule has 1 aromatic carbocycles. The third-order valence-corrected chi connectivity index (χ3v) is 7.23. The second kappa shape index (κ2) is 7.85. The zero-order valence-electron chi connectivity index (χ0n) is 14.8. The molecule has 27 heavy (non-hydrogen) atoms. The monoisotopic (exact) mass is 408 g/mol. The number of carbonyl (C=O) groups excluding carboxylic acids is 3. The molecule has 3 rings (SSSR count). The van der Waals surface area contributed by atoms with Crippen molar-refractivity contribution in [1.29, 1.82) is 0 Å². The van der Waals surface area contributed by atoms with Crippen LogP contribution in [0.25, 0.3) is 6.08 Å². The second-order valence-corrected chi connectivity index (χ2v) is 9.64. The molecule has 0 unspecified atom stereocenters. The number of benzene rings is 1. The predicted octanol–water partition coefficient (Wildman–Crippen LogP) is 1.76. The maximum atomic E-state index is 12.6. The highest BCUT2D eigenvalue weighted by Crippen LogP contribution is 2.32. The van der Waals surface area contributed by atoms with Gasteiger partial charge in [-0.1, -0.05) is 30.3 Å². The molecule has 0 aliphatic carbocycles. The average molecular weight is 409 g/mol. The van der Waals surface area contributed by atoms with Crippen LogP contribution in [0.15, 0.2) is 35.2 Å². The Balaban J connectivity index is 1.71. The van der Waals surface area contributed by atoms with Crippen LogP contribution in [0.3, 0.4) is 0 Å². The molecule has 0 spiro atoms. The van der Waals surface area contributed by atoms with E-state index in [0.717, 1.165) is 22.2 Å². The predicted molar refractivity (Wildman–Crippen MR) is 104 cm³/mol. The number of nitrogens with zero attached hydrogens (tertiary/aromatic N) is 2. The van der Waals surface area contributed by atoms with Crippen LogP contribution in [-0.4, -0.2) is 65.9 Å². The molecule has 2 aliphatic rings. The van der Waals surface area contributed by atoms with Crippen molar-refractivity contribution >= 4 is 44.7 Å². The quantitative estimate of drug-likeness (QED) is 0.690. The lowest BCUT2D eigenvalue weighted by Gasteiger charge is -2.28. The van der Waals surface area contributed by atoms with E-state index >= 15 is 0 Å². The molecule has 2 saturated heterocycles. The second-order valence-electron chi connectivity index (χ2n) is 6.42. The molecule has 2 aliphatic heterocycles. The standard InChI is InChI=1S/C18H20N2O5S2/c1-2-19(14-8-9-27(24,25)12-14)16(21)11-20-17(22)15(26-18(20)23)10-13-6-4-3-5-7-13/h3-7,10,14H,2,8-9,11-12H2,1H3/b15-10-/t14-/m0/s1. The summed E-state index contributed by atoms with van der Waals surface area (Å²) in [5, 5.41) is -0.495. The third-order valence-electron chi connectivity index (χ3n) is 4.57. The Kier molecular flexibility index (Phi) is 5.71. The van der Waals surface area contributed by atoms with Gasteiger partial charge in [0.2, 0.25) is 5.91 Å². The van der Waals surface area contributed by atoms with Crippen molar-refractivity contribution < 1.29 is 22.8 Å². The maximum Gasteiger partial charge on any atom is 0.294 e. The van der Waals surface area contributed by atoms with Crippen LogP contribution < -0.4 is 0 Å². The fraction of sp³-hybridized carbons (Fsp3) is 0.389. The highest BCUT2D eigenvalue weighted by Gasteiger charge is 2.39. The summed E-state index contributed by atoms with van der Waals surface area (Å²) >= 11 is 0.802. The first-order valence-electron chi connectivity index (χ1n) is 8.61. The number of hydrogen-bond acceptors (Lipinski definition) is 6. The Hall–Kier alpha value is -2.13. The van der Waals surface area contributed by atoms with E-state index in [9.17, 15) is 22.8 Å². The molecule has 1 aromatic rings. The van der Waals surface area contributed by atoms with E-state index in [1.807, 2.05) is 30.3 Å². The summed E-state index contributed by atoms with van der Waals surface area (Å²) < 4.78 is 23.4. The van der Waals surface area contributed by atoms with Crippen LogP contribution in [0.4, 0.5) is 4.79 Å². The van der Waals surface area contributed by atoms with Crippen LogP contribution in [0.5, 0.6) is 0 Å². The SMILES string of the molecule is CCN(C(=O)CN1C(=O)S/C(=C\c2ccccc2)C1=O)[C@H]1CCS(=O)(=O)C1. The van der Waals surface area contributed by atoms with Gasteiger partial charge >= 0.3 is 0 Å². The Morgan fingerprint density at radius 2 is 2.00 bits per heavy atom. The molecule has 0 aromatic heterocycles. The molecule has 1 atom stereocenters. The first-order valence-corrected chi connectivity index (χ1v) is 11.2. The van der Waals surface area contributed by atoms with Gasteiger partial charge in [-0.05, 0) is 36.7 Å². The molecule has 0 bridgehead atoms. The Morgan fingerprint density at radius 3 is 2.59 bits per heavy atom. The number of thioether (sulfide) groups is 1. The van der Waals surface area contributed by atoms with Gasteiger partial charge in [-0.2, -0.15) is 0 Å².